The zero-order valence-corrected chi connectivity index (χ0v) is 12.9. The molecule has 0 aliphatic carbocycles. The number of amides is 2. The van der Waals surface area contributed by atoms with Crippen LogP contribution in [0, 0.1) is 13.8 Å². The number of hydrogen-bond donors (Lipinski definition) is 3. The van der Waals surface area contributed by atoms with Crippen molar-refractivity contribution in [1.29, 1.82) is 0 Å². The van der Waals surface area contributed by atoms with Gasteiger partial charge in [-0.15, -0.1) is 0 Å². The van der Waals surface area contributed by atoms with Crippen LogP contribution < -0.4 is 10.6 Å². The SMILES string of the molecule is COC(=O)c1cc(NC(=O)NCCCC(=O)O)c(C)cc1C. The van der Waals surface area contributed by atoms with Gasteiger partial charge >= 0.3 is 18.0 Å². The molecule has 0 radical (unpaired) electrons. The Hall–Kier alpha value is -2.57. The van der Waals surface area contributed by atoms with Crippen molar-refractivity contribution in [2.45, 2.75) is 26.7 Å². The highest BCUT2D eigenvalue weighted by Gasteiger charge is 2.13. The van der Waals surface area contributed by atoms with Crippen molar-refractivity contribution in [3.8, 4) is 0 Å². The lowest BCUT2D eigenvalue weighted by Gasteiger charge is -2.13. The number of carboxylic acid groups (broad SMARTS) is 1. The number of esters is 1. The molecule has 7 heteroatoms. The Morgan fingerprint density at radius 1 is 1.18 bits per heavy atom. The van der Waals surface area contributed by atoms with E-state index >= 15 is 0 Å². The number of ether oxygens (including phenoxy) is 1. The van der Waals surface area contributed by atoms with Crippen LogP contribution in [0.3, 0.4) is 0 Å². The molecule has 0 atom stereocenters. The number of aliphatic carboxylic acids is 1. The quantitative estimate of drug-likeness (QED) is 0.551. The molecule has 120 valence electrons. The average molecular weight is 308 g/mol. The number of anilines is 1. The predicted octanol–water partition coefficient (Wildman–Crippen LogP) is 2.08. The van der Waals surface area contributed by atoms with E-state index in [0.29, 0.717) is 17.7 Å². The van der Waals surface area contributed by atoms with Gasteiger partial charge in [-0.25, -0.2) is 9.59 Å². The molecule has 1 aromatic rings. The van der Waals surface area contributed by atoms with Crippen molar-refractivity contribution >= 4 is 23.7 Å². The van der Waals surface area contributed by atoms with Gasteiger partial charge in [-0.1, -0.05) is 6.07 Å². The summed E-state index contributed by atoms with van der Waals surface area (Å²) in [6, 6.07) is 2.90. The lowest BCUT2D eigenvalue weighted by atomic mass is 10.0. The molecule has 0 fully saturated rings. The topological polar surface area (TPSA) is 105 Å². The second-order valence-corrected chi connectivity index (χ2v) is 4.85. The van der Waals surface area contributed by atoms with Crippen LogP contribution in [0.1, 0.15) is 34.3 Å². The first-order valence-corrected chi connectivity index (χ1v) is 6.81. The molecule has 0 aliphatic heterocycles. The first-order chi connectivity index (χ1) is 10.3. The molecule has 0 aromatic heterocycles. The van der Waals surface area contributed by atoms with Gasteiger partial charge in [-0.05, 0) is 37.5 Å². The molecule has 22 heavy (non-hydrogen) atoms. The van der Waals surface area contributed by atoms with Crippen LogP contribution in [0.4, 0.5) is 10.5 Å². The molecule has 0 spiro atoms. The van der Waals surface area contributed by atoms with Crippen LogP contribution in [-0.4, -0.2) is 36.7 Å². The summed E-state index contributed by atoms with van der Waals surface area (Å²) in [5.41, 5.74) is 2.46. The minimum absolute atomic E-state index is 0.00364. The van der Waals surface area contributed by atoms with Crippen molar-refractivity contribution in [3.05, 3.63) is 28.8 Å². The normalized spacial score (nSPS) is 9.95. The van der Waals surface area contributed by atoms with Crippen molar-refractivity contribution in [2.75, 3.05) is 19.0 Å². The van der Waals surface area contributed by atoms with Crippen LogP contribution in [-0.2, 0) is 9.53 Å². The number of carboxylic acids is 1. The monoisotopic (exact) mass is 308 g/mol. The number of nitrogens with one attached hydrogen (secondary N) is 2. The Morgan fingerprint density at radius 3 is 2.45 bits per heavy atom. The van der Waals surface area contributed by atoms with E-state index < -0.39 is 18.0 Å². The fraction of sp³-hybridized carbons (Fsp3) is 0.400. The van der Waals surface area contributed by atoms with Crippen molar-refractivity contribution < 1.29 is 24.2 Å². The highest BCUT2D eigenvalue weighted by atomic mass is 16.5. The summed E-state index contributed by atoms with van der Waals surface area (Å²) >= 11 is 0. The summed E-state index contributed by atoms with van der Waals surface area (Å²) in [4.78, 5) is 33.8. The molecule has 0 heterocycles. The average Bonchev–Trinajstić information content (AvgIpc) is 2.45. The van der Waals surface area contributed by atoms with E-state index in [9.17, 15) is 14.4 Å². The Kier molecular flexibility index (Phi) is 6.37. The lowest BCUT2D eigenvalue weighted by molar-refractivity contribution is -0.137. The maximum atomic E-state index is 11.8. The molecule has 1 aromatic carbocycles. The smallest absolute Gasteiger partial charge is 0.338 e. The van der Waals surface area contributed by atoms with Gasteiger partial charge in [-0.2, -0.15) is 0 Å². The van der Waals surface area contributed by atoms with Gasteiger partial charge in [0.25, 0.3) is 0 Å². The minimum atomic E-state index is -0.903. The largest absolute Gasteiger partial charge is 0.481 e. The fourth-order valence-electron chi connectivity index (χ4n) is 1.92. The summed E-state index contributed by atoms with van der Waals surface area (Å²) in [6.07, 6.45) is 0.347. The Bertz CT molecular complexity index is 584. The zero-order valence-electron chi connectivity index (χ0n) is 12.9. The third kappa shape index (κ3) is 5.08. The third-order valence-corrected chi connectivity index (χ3v) is 3.08. The van der Waals surface area contributed by atoms with Crippen molar-refractivity contribution in [2.24, 2.45) is 0 Å². The van der Waals surface area contributed by atoms with E-state index in [2.05, 4.69) is 10.6 Å². The van der Waals surface area contributed by atoms with Gasteiger partial charge in [0.2, 0.25) is 0 Å². The first-order valence-electron chi connectivity index (χ1n) is 6.81. The van der Waals surface area contributed by atoms with Gasteiger partial charge in [-0.3, -0.25) is 4.79 Å². The molecule has 0 bridgehead atoms. The number of methoxy groups -OCH3 is 1. The Morgan fingerprint density at radius 2 is 1.86 bits per heavy atom. The lowest BCUT2D eigenvalue weighted by Crippen LogP contribution is -2.30. The Labute approximate surface area is 128 Å². The summed E-state index contributed by atoms with van der Waals surface area (Å²) in [5.74, 6) is -1.37. The molecular weight excluding hydrogens is 288 g/mol. The van der Waals surface area contributed by atoms with Crippen LogP contribution >= 0.6 is 0 Å². The van der Waals surface area contributed by atoms with Gasteiger partial charge < -0.3 is 20.5 Å². The maximum absolute atomic E-state index is 11.8. The van der Waals surface area contributed by atoms with Gasteiger partial charge in [0.05, 0.1) is 12.7 Å². The van der Waals surface area contributed by atoms with E-state index in [4.69, 9.17) is 9.84 Å². The van der Waals surface area contributed by atoms with E-state index in [1.807, 2.05) is 6.92 Å². The maximum Gasteiger partial charge on any atom is 0.338 e. The highest BCUT2D eigenvalue weighted by Crippen LogP contribution is 2.21. The van der Waals surface area contributed by atoms with Crippen LogP contribution in [0.15, 0.2) is 12.1 Å². The molecular formula is C15H20N2O5. The molecule has 0 unspecified atom stereocenters. The number of aryl methyl sites for hydroxylation is 2. The van der Waals surface area contributed by atoms with E-state index in [1.165, 1.54) is 7.11 Å². The molecule has 0 saturated heterocycles. The summed E-state index contributed by atoms with van der Waals surface area (Å²) in [6.45, 7) is 3.86. The number of hydrogen-bond acceptors (Lipinski definition) is 4. The number of urea groups is 1. The van der Waals surface area contributed by atoms with E-state index in [1.54, 1.807) is 19.1 Å². The number of rotatable bonds is 6. The molecule has 1 rings (SSSR count). The molecule has 0 aliphatic rings. The number of benzene rings is 1. The third-order valence-electron chi connectivity index (χ3n) is 3.08. The van der Waals surface area contributed by atoms with Gasteiger partial charge in [0.15, 0.2) is 0 Å². The predicted molar refractivity (Wildman–Crippen MR) is 81.1 cm³/mol. The number of carbonyl (C=O) groups is 3. The highest BCUT2D eigenvalue weighted by molar-refractivity contribution is 5.95. The van der Waals surface area contributed by atoms with E-state index in [0.717, 1.165) is 11.1 Å². The summed E-state index contributed by atoms with van der Waals surface area (Å²) in [5, 5.41) is 13.7. The van der Waals surface area contributed by atoms with Crippen LogP contribution in [0.25, 0.3) is 0 Å². The second kappa shape index (κ2) is 8.02. The standard InChI is InChI=1S/C15H20N2O5/c1-9-7-10(2)12(8-11(9)14(20)22-3)17-15(21)16-6-4-5-13(18)19/h7-8H,4-6H2,1-3H3,(H,18,19)(H2,16,17,21). The fourth-order valence-corrected chi connectivity index (χ4v) is 1.92. The summed E-state index contributed by atoms with van der Waals surface area (Å²) in [7, 11) is 1.30. The molecule has 7 nitrogen and oxygen atoms in total. The van der Waals surface area contributed by atoms with Gasteiger partial charge in [0, 0.05) is 18.7 Å². The first kappa shape index (κ1) is 17.5. The van der Waals surface area contributed by atoms with E-state index in [-0.39, 0.29) is 13.0 Å². The van der Waals surface area contributed by atoms with Crippen LogP contribution in [0.5, 0.6) is 0 Å². The second-order valence-electron chi connectivity index (χ2n) is 4.85. The zero-order chi connectivity index (χ0) is 16.7. The minimum Gasteiger partial charge on any atom is -0.481 e. The van der Waals surface area contributed by atoms with Crippen molar-refractivity contribution in [3.63, 3.8) is 0 Å². The number of carbonyl (C=O) groups excluding carboxylic acids is 2. The van der Waals surface area contributed by atoms with Crippen molar-refractivity contribution in [1.82, 2.24) is 5.32 Å². The Balaban J connectivity index is 2.70. The molecule has 0 saturated carbocycles. The van der Waals surface area contributed by atoms with Gasteiger partial charge in [0.1, 0.15) is 0 Å². The van der Waals surface area contributed by atoms with Crippen LogP contribution in [0.2, 0.25) is 0 Å². The molecule has 2 amide bonds. The summed E-state index contributed by atoms with van der Waals surface area (Å²) < 4.78 is 4.70. The molecule has 3 N–H and O–H groups in total.